The maximum Gasteiger partial charge on any atom is 0.329 e. The van der Waals surface area contributed by atoms with Gasteiger partial charge in [0.25, 0.3) is 5.91 Å². The molecule has 1 fully saturated rings. The number of hydrogen-bond donors (Lipinski definition) is 2. The van der Waals surface area contributed by atoms with Gasteiger partial charge in [0.2, 0.25) is 0 Å². The number of hydrogen-bond acceptors (Lipinski definition) is 3. The molecule has 1 aliphatic rings. The number of benzene rings is 1. The summed E-state index contributed by atoms with van der Waals surface area (Å²) in [6, 6.07) is 5.07. The van der Waals surface area contributed by atoms with Crippen LogP contribution in [0.25, 0.3) is 0 Å². The van der Waals surface area contributed by atoms with Crippen LogP contribution in [0.15, 0.2) is 18.2 Å². The number of carboxylic acids is 1. The zero-order chi connectivity index (χ0) is 14.0. The normalized spacial score (nSPS) is 15.7. The van der Waals surface area contributed by atoms with Crippen molar-refractivity contribution in [2.45, 2.75) is 25.3 Å². The predicted octanol–water partition coefficient (Wildman–Crippen LogP) is 1.76. The van der Waals surface area contributed by atoms with E-state index in [4.69, 9.17) is 21.4 Å². The number of ether oxygens (including phenoxy) is 1. The van der Waals surface area contributed by atoms with Crippen molar-refractivity contribution in [2.24, 2.45) is 0 Å². The van der Waals surface area contributed by atoms with Gasteiger partial charge in [0, 0.05) is 5.02 Å². The van der Waals surface area contributed by atoms with Crippen LogP contribution in [0.1, 0.15) is 18.4 Å². The van der Waals surface area contributed by atoms with E-state index in [0.29, 0.717) is 23.6 Å². The van der Waals surface area contributed by atoms with Crippen LogP contribution in [0, 0.1) is 6.92 Å². The highest BCUT2D eigenvalue weighted by Gasteiger charge is 2.51. The molecule has 0 atom stereocenters. The zero-order valence-electron chi connectivity index (χ0n) is 10.4. The Labute approximate surface area is 115 Å². The first kappa shape index (κ1) is 13.7. The van der Waals surface area contributed by atoms with E-state index < -0.39 is 17.4 Å². The lowest BCUT2D eigenvalue weighted by Gasteiger charge is -2.13. The number of aryl methyl sites for hydroxylation is 1. The van der Waals surface area contributed by atoms with E-state index in [1.807, 2.05) is 6.92 Å². The minimum Gasteiger partial charge on any atom is -0.484 e. The smallest absolute Gasteiger partial charge is 0.329 e. The van der Waals surface area contributed by atoms with Crippen molar-refractivity contribution in [1.82, 2.24) is 5.32 Å². The lowest BCUT2D eigenvalue weighted by molar-refractivity contribution is -0.143. The lowest BCUT2D eigenvalue weighted by atomic mass is 10.2. The van der Waals surface area contributed by atoms with Gasteiger partial charge in [0.1, 0.15) is 11.3 Å². The van der Waals surface area contributed by atoms with Crippen molar-refractivity contribution < 1.29 is 19.4 Å². The molecule has 0 aromatic heterocycles. The Bertz CT molecular complexity index is 525. The maximum absolute atomic E-state index is 11.6. The summed E-state index contributed by atoms with van der Waals surface area (Å²) in [6.07, 6.45) is 0.933. The van der Waals surface area contributed by atoms with E-state index >= 15 is 0 Å². The summed E-state index contributed by atoms with van der Waals surface area (Å²) in [5.41, 5.74) is -0.222. The van der Waals surface area contributed by atoms with Gasteiger partial charge in [-0.15, -0.1) is 0 Å². The molecule has 1 aliphatic carbocycles. The summed E-state index contributed by atoms with van der Waals surface area (Å²) in [5.74, 6) is -0.909. The Balaban J connectivity index is 1.87. The first-order valence-electron chi connectivity index (χ1n) is 5.86. The van der Waals surface area contributed by atoms with Gasteiger partial charge in [-0.2, -0.15) is 0 Å². The van der Waals surface area contributed by atoms with Crippen molar-refractivity contribution in [2.75, 3.05) is 6.61 Å². The second kappa shape index (κ2) is 5.09. The highest BCUT2D eigenvalue weighted by molar-refractivity contribution is 6.31. The number of carbonyl (C=O) groups is 2. The molecule has 0 radical (unpaired) electrons. The Morgan fingerprint density at radius 2 is 2.16 bits per heavy atom. The van der Waals surface area contributed by atoms with Crippen molar-refractivity contribution in [3.05, 3.63) is 28.8 Å². The summed E-state index contributed by atoms with van der Waals surface area (Å²) in [5, 5.41) is 12.0. The number of nitrogens with one attached hydrogen (secondary N) is 1. The van der Waals surface area contributed by atoms with Crippen molar-refractivity contribution >= 4 is 23.5 Å². The summed E-state index contributed by atoms with van der Waals surface area (Å²) in [4.78, 5) is 22.5. The van der Waals surface area contributed by atoms with Crippen molar-refractivity contribution in [1.29, 1.82) is 0 Å². The largest absolute Gasteiger partial charge is 0.484 e. The van der Waals surface area contributed by atoms with Gasteiger partial charge in [-0.1, -0.05) is 11.6 Å². The van der Waals surface area contributed by atoms with Gasteiger partial charge in [-0.25, -0.2) is 4.79 Å². The van der Waals surface area contributed by atoms with E-state index in [-0.39, 0.29) is 6.61 Å². The molecular formula is C13H14ClNO4. The fourth-order valence-corrected chi connectivity index (χ4v) is 1.79. The second-order valence-corrected chi connectivity index (χ2v) is 5.04. The molecule has 2 rings (SSSR count). The molecule has 5 nitrogen and oxygen atoms in total. The van der Waals surface area contributed by atoms with Crippen LogP contribution in [-0.2, 0) is 9.59 Å². The molecule has 1 amide bonds. The van der Waals surface area contributed by atoms with Crippen LogP contribution < -0.4 is 10.1 Å². The van der Waals surface area contributed by atoms with E-state index in [1.165, 1.54) is 0 Å². The molecule has 19 heavy (non-hydrogen) atoms. The predicted molar refractivity (Wildman–Crippen MR) is 69.4 cm³/mol. The van der Waals surface area contributed by atoms with Crippen molar-refractivity contribution in [3.8, 4) is 5.75 Å². The first-order chi connectivity index (χ1) is 8.93. The average Bonchev–Trinajstić information content (AvgIpc) is 3.12. The quantitative estimate of drug-likeness (QED) is 0.863. The molecule has 1 aromatic carbocycles. The number of carboxylic acid groups (broad SMARTS) is 1. The standard InChI is InChI=1S/C13H14ClNO4/c1-8-6-9(2-3-10(8)14)19-7-11(16)15-13(4-5-13)12(17)18/h2-3,6H,4-5,7H2,1H3,(H,15,16)(H,17,18). The fraction of sp³-hybridized carbons (Fsp3) is 0.385. The van der Waals surface area contributed by atoms with Gasteiger partial charge in [0.15, 0.2) is 6.61 Å². The molecule has 1 aromatic rings. The van der Waals surface area contributed by atoms with E-state index in [2.05, 4.69) is 5.32 Å². The first-order valence-corrected chi connectivity index (χ1v) is 6.24. The topological polar surface area (TPSA) is 75.6 Å². The second-order valence-electron chi connectivity index (χ2n) is 4.64. The van der Waals surface area contributed by atoms with Gasteiger partial charge in [-0.3, -0.25) is 4.79 Å². The Kier molecular flexibility index (Phi) is 3.66. The summed E-state index contributed by atoms with van der Waals surface area (Å²) >= 11 is 5.87. The third-order valence-corrected chi connectivity index (χ3v) is 3.46. The van der Waals surface area contributed by atoms with Crippen LogP contribution in [-0.4, -0.2) is 29.1 Å². The number of carbonyl (C=O) groups excluding carboxylic acids is 1. The third kappa shape index (κ3) is 3.17. The fourth-order valence-electron chi connectivity index (χ4n) is 1.68. The molecule has 0 saturated heterocycles. The van der Waals surface area contributed by atoms with Crippen molar-refractivity contribution in [3.63, 3.8) is 0 Å². The molecule has 102 valence electrons. The van der Waals surface area contributed by atoms with Gasteiger partial charge in [0.05, 0.1) is 0 Å². The Morgan fingerprint density at radius 1 is 1.47 bits per heavy atom. The molecule has 0 aliphatic heterocycles. The van der Waals surface area contributed by atoms with Gasteiger partial charge in [-0.05, 0) is 43.5 Å². The maximum atomic E-state index is 11.6. The molecule has 0 bridgehead atoms. The van der Waals surface area contributed by atoms with Gasteiger partial charge < -0.3 is 15.2 Å². The van der Waals surface area contributed by atoms with Crippen LogP contribution in [0.5, 0.6) is 5.75 Å². The molecule has 0 heterocycles. The number of aliphatic carboxylic acids is 1. The molecule has 0 unspecified atom stereocenters. The highest BCUT2D eigenvalue weighted by atomic mass is 35.5. The highest BCUT2D eigenvalue weighted by Crippen LogP contribution is 2.35. The summed E-state index contributed by atoms with van der Waals surface area (Å²) < 4.78 is 5.29. The molecule has 0 spiro atoms. The molecular weight excluding hydrogens is 270 g/mol. The van der Waals surface area contributed by atoms with Crippen LogP contribution in [0.4, 0.5) is 0 Å². The Hall–Kier alpha value is -1.75. The lowest BCUT2D eigenvalue weighted by Crippen LogP contribution is -2.45. The zero-order valence-corrected chi connectivity index (χ0v) is 11.2. The van der Waals surface area contributed by atoms with Crippen LogP contribution in [0.2, 0.25) is 5.02 Å². The monoisotopic (exact) mass is 283 g/mol. The summed E-state index contributed by atoms with van der Waals surface area (Å²) in [6.45, 7) is 1.62. The minimum atomic E-state index is -1.07. The molecule has 2 N–H and O–H groups in total. The van der Waals surface area contributed by atoms with E-state index in [9.17, 15) is 9.59 Å². The van der Waals surface area contributed by atoms with E-state index in [0.717, 1.165) is 5.56 Å². The molecule has 1 saturated carbocycles. The number of rotatable bonds is 5. The minimum absolute atomic E-state index is 0.212. The number of amides is 1. The van der Waals surface area contributed by atoms with Crippen LogP contribution >= 0.6 is 11.6 Å². The molecule has 6 heteroatoms. The van der Waals surface area contributed by atoms with Crippen LogP contribution in [0.3, 0.4) is 0 Å². The number of halogens is 1. The van der Waals surface area contributed by atoms with Gasteiger partial charge >= 0.3 is 5.97 Å². The summed E-state index contributed by atoms with van der Waals surface area (Å²) in [7, 11) is 0. The Morgan fingerprint density at radius 3 is 2.68 bits per heavy atom. The SMILES string of the molecule is Cc1cc(OCC(=O)NC2(C(=O)O)CC2)ccc1Cl. The van der Waals surface area contributed by atoms with E-state index in [1.54, 1.807) is 18.2 Å². The third-order valence-electron chi connectivity index (χ3n) is 3.04. The average molecular weight is 284 g/mol.